The lowest BCUT2D eigenvalue weighted by atomic mass is 10.0. The fourth-order valence-electron chi connectivity index (χ4n) is 2.20. The van der Waals surface area contributed by atoms with Gasteiger partial charge < -0.3 is 5.32 Å². The van der Waals surface area contributed by atoms with E-state index in [-0.39, 0.29) is 0 Å². The molecule has 1 aromatic rings. The van der Waals surface area contributed by atoms with Crippen molar-refractivity contribution in [1.29, 1.82) is 0 Å². The van der Waals surface area contributed by atoms with Crippen molar-refractivity contribution in [2.24, 2.45) is 5.92 Å². The molecule has 0 aromatic carbocycles. The van der Waals surface area contributed by atoms with Gasteiger partial charge in [0.15, 0.2) is 0 Å². The first kappa shape index (κ1) is 13.6. The van der Waals surface area contributed by atoms with Gasteiger partial charge in [0, 0.05) is 18.3 Å². The summed E-state index contributed by atoms with van der Waals surface area (Å²) < 4.78 is 2.11. The van der Waals surface area contributed by atoms with Crippen LogP contribution in [0.25, 0.3) is 0 Å². The zero-order valence-electron chi connectivity index (χ0n) is 12.0. The van der Waals surface area contributed by atoms with Crippen LogP contribution in [0.4, 0.5) is 0 Å². The smallest absolute Gasteiger partial charge is 0.0627 e. The number of nitrogens with one attached hydrogen (secondary N) is 1. The van der Waals surface area contributed by atoms with Crippen LogP contribution in [-0.4, -0.2) is 22.4 Å². The second kappa shape index (κ2) is 6.37. The maximum atomic E-state index is 4.70. The fraction of sp³-hybridized carbons (Fsp3) is 0.800. The van der Waals surface area contributed by atoms with Crippen LogP contribution >= 0.6 is 0 Å². The summed E-state index contributed by atoms with van der Waals surface area (Å²) in [6, 6.07) is 3.52. The molecular formula is C15H27N3. The molecule has 1 saturated carbocycles. The van der Waals surface area contributed by atoms with Crippen molar-refractivity contribution in [2.75, 3.05) is 6.54 Å². The highest BCUT2D eigenvalue weighted by atomic mass is 15.3. The SMILES string of the molecule is CCC(CNC1CC1)Cc1ccn(C(C)CC)n1. The van der Waals surface area contributed by atoms with E-state index in [0.29, 0.717) is 6.04 Å². The first-order valence-electron chi connectivity index (χ1n) is 7.50. The quantitative estimate of drug-likeness (QED) is 0.767. The third kappa shape index (κ3) is 3.84. The molecule has 0 spiro atoms. The van der Waals surface area contributed by atoms with Crippen molar-refractivity contribution in [3.8, 4) is 0 Å². The summed E-state index contributed by atoms with van der Waals surface area (Å²) in [5, 5.41) is 8.33. The molecule has 3 nitrogen and oxygen atoms in total. The number of aromatic nitrogens is 2. The van der Waals surface area contributed by atoms with Gasteiger partial charge in [-0.05, 0) is 51.1 Å². The summed E-state index contributed by atoms with van der Waals surface area (Å²) in [5.74, 6) is 0.728. The van der Waals surface area contributed by atoms with Crippen LogP contribution in [0.5, 0.6) is 0 Å². The Kier molecular flexibility index (Phi) is 4.81. The van der Waals surface area contributed by atoms with E-state index >= 15 is 0 Å². The summed E-state index contributed by atoms with van der Waals surface area (Å²) >= 11 is 0. The molecule has 0 aliphatic heterocycles. The molecule has 0 saturated heterocycles. The summed E-state index contributed by atoms with van der Waals surface area (Å²) in [6.07, 6.45) is 8.36. The minimum absolute atomic E-state index is 0.517. The minimum atomic E-state index is 0.517. The molecule has 1 fully saturated rings. The average molecular weight is 249 g/mol. The molecule has 3 heteroatoms. The van der Waals surface area contributed by atoms with Gasteiger partial charge in [0.05, 0.1) is 5.69 Å². The number of nitrogens with zero attached hydrogens (tertiary/aromatic N) is 2. The maximum Gasteiger partial charge on any atom is 0.0627 e. The van der Waals surface area contributed by atoms with Gasteiger partial charge in [-0.2, -0.15) is 5.10 Å². The number of rotatable bonds is 8. The second-order valence-electron chi connectivity index (χ2n) is 5.71. The molecule has 2 unspecified atom stereocenters. The topological polar surface area (TPSA) is 29.9 Å². The predicted octanol–water partition coefficient (Wildman–Crippen LogP) is 3.17. The first-order valence-corrected chi connectivity index (χ1v) is 7.50. The van der Waals surface area contributed by atoms with Crippen LogP contribution in [0.2, 0.25) is 0 Å². The molecule has 0 bridgehead atoms. The van der Waals surface area contributed by atoms with Crippen LogP contribution in [0.3, 0.4) is 0 Å². The van der Waals surface area contributed by atoms with Crippen LogP contribution in [0, 0.1) is 5.92 Å². The molecule has 1 aliphatic rings. The van der Waals surface area contributed by atoms with E-state index < -0.39 is 0 Å². The Hall–Kier alpha value is -0.830. The van der Waals surface area contributed by atoms with Crippen LogP contribution in [0.1, 0.15) is 58.2 Å². The fourth-order valence-corrected chi connectivity index (χ4v) is 2.20. The van der Waals surface area contributed by atoms with Gasteiger partial charge in [0.2, 0.25) is 0 Å². The average Bonchev–Trinajstić information content (AvgIpc) is 3.11. The van der Waals surface area contributed by atoms with Gasteiger partial charge in [0.1, 0.15) is 0 Å². The molecule has 0 radical (unpaired) electrons. The lowest BCUT2D eigenvalue weighted by molar-refractivity contribution is 0.439. The molecule has 102 valence electrons. The zero-order valence-corrected chi connectivity index (χ0v) is 12.0. The van der Waals surface area contributed by atoms with Gasteiger partial charge in [-0.25, -0.2) is 0 Å². The lowest BCUT2D eigenvalue weighted by Crippen LogP contribution is -2.25. The Morgan fingerprint density at radius 2 is 2.17 bits per heavy atom. The van der Waals surface area contributed by atoms with Gasteiger partial charge in [-0.15, -0.1) is 0 Å². The van der Waals surface area contributed by atoms with Gasteiger partial charge >= 0.3 is 0 Å². The highest BCUT2D eigenvalue weighted by molar-refractivity contribution is 5.01. The highest BCUT2D eigenvalue weighted by Gasteiger charge is 2.21. The van der Waals surface area contributed by atoms with Crippen molar-refractivity contribution < 1.29 is 0 Å². The molecule has 1 heterocycles. The Morgan fingerprint density at radius 1 is 1.39 bits per heavy atom. The Bertz CT molecular complexity index is 354. The minimum Gasteiger partial charge on any atom is -0.314 e. The Balaban J connectivity index is 1.83. The molecular weight excluding hydrogens is 222 g/mol. The first-order chi connectivity index (χ1) is 8.72. The van der Waals surface area contributed by atoms with Gasteiger partial charge in [0.25, 0.3) is 0 Å². The summed E-state index contributed by atoms with van der Waals surface area (Å²) in [7, 11) is 0. The maximum absolute atomic E-state index is 4.70. The van der Waals surface area contributed by atoms with Crippen molar-refractivity contribution >= 4 is 0 Å². The molecule has 1 aromatic heterocycles. The number of hydrogen-bond acceptors (Lipinski definition) is 2. The van der Waals surface area contributed by atoms with Gasteiger partial charge in [-0.3, -0.25) is 4.68 Å². The van der Waals surface area contributed by atoms with E-state index in [0.717, 1.165) is 31.3 Å². The monoisotopic (exact) mass is 249 g/mol. The normalized spacial score (nSPS) is 18.8. The summed E-state index contributed by atoms with van der Waals surface area (Å²) in [6.45, 7) is 7.87. The number of hydrogen-bond donors (Lipinski definition) is 1. The molecule has 2 atom stereocenters. The summed E-state index contributed by atoms with van der Waals surface area (Å²) in [4.78, 5) is 0. The van der Waals surface area contributed by atoms with E-state index in [2.05, 4.69) is 43.0 Å². The van der Waals surface area contributed by atoms with E-state index in [1.807, 2.05) is 0 Å². The predicted molar refractivity (Wildman–Crippen MR) is 75.7 cm³/mol. The Morgan fingerprint density at radius 3 is 2.78 bits per heavy atom. The van der Waals surface area contributed by atoms with Crippen molar-refractivity contribution in [3.05, 3.63) is 18.0 Å². The van der Waals surface area contributed by atoms with Crippen molar-refractivity contribution in [1.82, 2.24) is 15.1 Å². The van der Waals surface area contributed by atoms with Crippen molar-refractivity contribution in [3.63, 3.8) is 0 Å². The second-order valence-corrected chi connectivity index (χ2v) is 5.71. The molecule has 1 N–H and O–H groups in total. The van der Waals surface area contributed by atoms with Crippen LogP contribution in [-0.2, 0) is 6.42 Å². The lowest BCUT2D eigenvalue weighted by Gasteiger charge is -2.14. The van der Waals surface area contributed by atoms with E-state index in [9.17, 15) is 0 Å². The molecule has 1 aliphatic carbocycles. The Labute approximate surface area is 111 Å². The molecule has 18 heavy (non-hydrogen) atoms. The molecule has 0 amide bonds. The molecule has 2 rings (SSSR count). The third-order valence-electron chi connectivity index (χ3n) is 4.05. The van der Waals surface area contributed by atoms with Gasteiger partial charge in [-0.1, -0.05) is 20.3 Å². The van der Waals surface area contributed by atoms with Crippen LogP contribution < -0.4 is 5.32 Å². The highest BCUT2D eigenvalue weighted by Crippen LogP contribution is 2.20. The van der Waals surface area contributed by atoms with E-state index in [1.165, 1.54) is 25.0 Å². The van der Waals surface area contributed by atoms with E-state index in [4.69, 9.17) is 5.10 Å². The summed E-state index contributed by atoms with van der Waals surface area (Å²) in [5.41, 5.74) is 1.25. The van der Waals surface area contributed by atoms with Crippen LogP contribution in [0.15, 0.2) is 12.3 Å². The third-order valence-corrected chi connectivity index (χ3v) is 4.05. The van der Waals surface area contributed by atoms with E-state index in [1.54, 1.807) is 0 Å². The standard InChI is InChI=1S/C15H27N3/c1-4-12(3)18-9-8-15(17-18)10-13(5-2)11-16-14-6-7-14/h8-9,12-14,16H,4-7,10-11H2,1-3H3. The zero-order chi connectivity index (χ0) is 13.0. The van der Waals surface area contributed by atoms with Crippen molar-refractivity contribution in [2.45, 2.75) is 65.0 Å². The largest absolute Gasteiger partial charge is 0.314 e.